The summed E-state index contributed by atoms with van der Waals surface area (Å²) in [5.74, 6) is -0.166. The highest BCUT2D eigenvalue weighted by Gasteiger charge is 2.17. The van der Waals surface area contributed by atoms with Gasteiger partial charge in [0.1, 0.15) is 0 Å². The largest absolute Gasteiger partial charge is 0.320 e. The first-order valence-electron chi connectivity index (χ1n) is 5.22. The third-order valence-corrected chi connectivity index (χ3v) is 3.56. The molecular weight excluding hydrogens is 246 g/mol. The lowest BCUT2D eigenvalue weighted by atomic mass is 10.0. The third kappa shape index (κ3) is 2.93. The van der Waals surface area contributed by atoms with E-state index in [4.69, 9.17) is 5.73 Å². The fraction of sp³-hybridized carbons (Fsp3) is 0.600. The van der Waals surface area contributed by atoms with Crippen molar-refractivity contribution in [2.45, 2.75) is 38.6 Å². The number of fused-ring (bicyclic) bond motifs is 1. The number of nitrogens with zero attached hydrogens (tertiary/aromatic N) is 1. The van der Waals surface area contributed by atoms with Crippen molar-refractivity contribution >= 4 is 34.8 Å². The molecule has 1 atom stereocenters. The Kier molecular flexibility index (Phi) is 4.70. The molecule has 1 heterocycles. The first kappa shape index (κ1) is 13.4. The van der Waals surface area contributed by atoms with Crippen LogP contribution in [0.3, 0.4) is 0 Å². The van der Waals surface area contributed by atoms with E-state index in [1.54, 1.807) is 18.3 Å². The summed E-state index contributed by atoms with van der Waals surface area (Å²) in [6.07, 6.45) is 4.58. The molecule has 0 radical (unpaired) electrons. The van der Waals surface area contributed by atoms with Crippen LogP contribution in [0.25, 0.3) is 0 Å². The Morgan fingerprint density at radius 2 is 2.19 bits per heavy atom. The van der Waals surface area contributed by atoms with Gasteiger partial charge >= 0.3 is 0 Å². The van der Waals surface area contributed by atoms with Gasteiger partial charge in [-0.25, -0.2) is 4.98 Å². The molecule has 1 aliphatic carbocycles. The second-order valence-corrected chi connectivity index (χ2v) is 4.96. The lowest BCUT2D eigenvalue weighted by molar-refractivity contribution is -0.117. The molecule has 0 aromatic carbocycles. The summed E-state index contributed by atoms with van der Waals surface area (Å²) in [5, 5.41) is 3.44. The van der Waals surface area contributed by atoms with Gasteiger partial charge in [-0.15, -0.1) is 23.7 Å². The molecule has 6 heteroatoms. The zero-order valence-electron chi connectivity index (χ0n) is 9.16. The standard InChI is InChI=1S/C10H15N3OS.ClH/c1-6(11)9(14)13-10-12-7-4-2-3-5-8(7)15-10;/h6H,2-5,11H2,1H3,(H,12,13,14);1H/t6-;/m1./s1. The maximum absolute atomic E-state index is 11.4. The quantitative estimate of drug-likeness (QED) is 0.852. The number of hydrogen-bond acceptors (Lipinski definition) is 4. The van der Waals surface area contributed by atoms with Crippen LogP contribution in [-0.2, 0) is 17.6 Å². The zero-order chi connectivity index (χ0) is 10.8. The van der Waals surface area contributed by atoms with Crippen molar-refractivity contribution in [3.63, 3.8) is 0 Å². The topological polar surface area (TPSA) is 68.0 Å². The number of nitrogens with two attached hydrogens (primary N) is 1. The highest BCUT2D eigenvalue weighted by Crippen LogP contribution is 2.29. The lowest BCUT2D eigenvalue weighted by Crippen LogP contribution is -2.32. The van der Waals surface area contributed by atoms with Gasteiger partial charge in [0.05, 0.1) is 11.7 Å². The number of carbonyl (C=O) groups excluding carboxylic acids is 1. The first-order chi connectivity index (χ1) is 7.16. The SMILES string of the molecule is C[C@@H](N)C(=O)Nc1nc2c(s1)CCCC2.Cl. The fourth-order valence-electron chi connectivity index (χ4n) is 1.62. The Balaban J connectivity index is 0.00000128. The lowest BCUT2D eigenvalue weighted by Gasteiger charge is -2.06. The average molecular weight is 262 g/mol. The van der Waals surface area contributed by atoms with Crippen LogP contribution in [0.4, 0.5) is 5.13 Å². The van der Waals surface area contributed by atoms with E-state index in [-0.39, 0.29) is 18.3 Å². The Morgan fingerprint density at radius 1 is 1.50 bits per heavy atom. The van der Waals surface area contributed by atoms with Gasteiger partial charge in [-0.05, 0) is 32.6 Å². The van der Waals surface area contributed by atoms with Gasteiger partial charge in [-0.2, -0.15) is 0 Å². The maximum Gasteiger partial charge on any atom is 0.242 e. The molecule has 16 heavy (non-hydrogen) atoms. The van der Waals surface area contributed by atoms with Crippen molar-refractivity contribution in [3.8, 4) is 0 Å². The maximum atomic E-state index is 11.4. The number of carbonyl (C=O) groups is 1. The normalized spacial score (nSPS) is 15.9. The molecule has 3 N–H and O–H groups in total. The highest BCUT2D eigenvalue weighted by atomic mass is 35.5. The molecule has 1 amide bonds. The van der Waals surface area contributed by atoms with Crippen LogP contribution in [0.15, 0.2) is 0 Å². The molecule has 0 spiro atoms. The van der Waals surface area contributed by atoms with E-state index in [1.165, 1.54) is 17.7 Å². The molecule has 0 saturated carbocycles. The Bertz CT molecular complexity index is 355. The Labute approximate surface area is 105 Å². The van der Waals surface area contributed by atoms with Crippen molar-refractivity contribution < 1.29 is 4.79 Å². The number of aromatic nitrogens is 1. The minimum Gasteiger partial charge on any atom is -0.320 e. The van der Waals surface area contributed by atoms with E-state index in [0.717, 1.165) is 18.5 Å². The second-order valence-electron chi connectivity index (χ2n) is 3.87. The van der Waals surface area contributed by atoms with Crippen molar-refractivity contribution in [2.75, 3.05) is 5.32 Å². The van der Waals surface area contributed by atoms with Gasteiger partial charge in [0.25, 0.3) is 0 Å². The van der Waals surface area contributed by atoms with E-state index >= 15 is 0 Å². The summed E-state index contributed by atoms with van der Waals surface area (Å²) in [6, 6.07) is -0.481. The van der Waals surface area contributed by atoms with E-state index < -0.39 is 6.04 Å². The van der Waals surface area contributed by atoms with Crippen LogP contribution in [0, 0.1) is 0 Å². The highest BCUT2D eigenvalue weighted by molar-refractivity contribution is 7.15. The molecule has 1 aromatic rings. The summed E-state index contributed by atoms with van der Waals surface area (Å²) in [6.45, 7) is 1.67. The van der Waals surface area contributed by atoms with Crippen molar-refractivity contribution in [3.05, 3.63) is 10.6 Å². The second kappa shape index (κ2) is 5.61. The summed E-state index contributed by atoms with van der Waals surface area (Å²) >= 11 is 1.58. The summed E-state index contributed by atoms with van der Waals surface area (Å²) in [4.78, 5) is 17.1. The van der Waals surface area contributed by atoms with Crippen LogP contribution in [0.2, 0.25) is 0 Å². The first-order valence-corrected chi connectivity index (χ1v) is 6.03. The van der Waals surface area contributed by atoms with E-state index in [9.17, 15) is 4.79 Å². The molecule has 1 aliphatic rings. The van der Waals surface area contributed by atoms with Crippen LogP contribution >= 0.6 is 23.7 Å². The van der Waals surface area contributed by atoms with Gasteiger partial charge in [0, 0.05) is 4.88 Å². The van der Waals surface area contributed by atoms with Crippen molar-refractivity contribution in [2.24, 2.45) is 5.73 Å². The fourth-order valence-corrected chi connectivity index (χ4v) is 2.68. The van der Waals surface area contributed by atoms with Crippen LogP contribution in [0.5, 0.6) is 0 Å². The van der Waals surface area contributed by atoms with Crippen LogP contribution in [-0.4, -0.2) is 16.9 Å². The number of anilines is 1. The molecule has 0 bridgehead atoms. The van der Waals surface area contributed by atoms with Crippen LogP contribution < -0.4 is 11.1 Å². The van der Waals surface area contributed by atoms with Gasteiger partial charge in [0.2, 0.25) is 5.91 Å². The summed E-state index contributed by atoms with van der Waals surface area (Å²) in [7, 11) is 0. The molecular formula is C10H16ClN3OS. The van der Waals surface area contributed by atoms with E-state index in [2.05, 4.69) is 10.3 Å². The molecule has 0 aliphatic heterocycles. The number of nitrogens with one attached hydrogen (secondary N) is 1. The average Bonchev–Trinajstić information content (AvgIpc) is 2.59. The summed E-state index contributed by atoms with van der Waals surface area (Å²) < 4.78 is 0. The minimum atomic E-state index is -0.481. The van der Waals surface area contributed by atoms with Crippen LogP contribution in [0.1, 0.15) is 30.3 Å². The Morgan fingerprint density at radius 3 is 2.81 bits per heavy atom. The number of aryl methyl sites for hydroxylation is 2. The molecule has 90 valence electrons. The molecule has 4 nitrogen and oxygen atoms in total. The molecule has 1 aromatic heterocycles. The van der Waals surface area contributed by atoms with Crippen molar-refractivity contribution in [1.29, 1.82) is 0 Å². The predicted octanol–water partition coefficient (Wildman–Crippen LogP) is 1.73. The number of halogens is 1. The third-order valence-electron chi connectivity index (χ3n) is 2.49. The van der Waals surface area contributed by atoms with Gasteiger partial charge < -0.3 is 11.1 Å². The predicted molar refractivity (Wildman–Crippen MR) is 68.3 cm³/mol. The smallest absolute Gasteiger partial charge is 0.242 e. The minimum absolute atomic E-state index is 0. The van der Waals surface area contributed by atoms with E-state index in [1.807, 2.05) is 0 Å². The van der Waals surface area contributed by atoms with Gasteiger partial charge in [0.15, 0.2) is 5.13 Å². The van der Waals surface area contributed by atoms with Crippen molar-refractivity contribution in [1.82, 2.24) is 4.98 Å². The van der Waals surface area contributed by atoms with E-state index in [0.29, 0.717) is 5.13 Å². The number of thiazole rings is 1. The number of amides is 1. The zero-order valence-corrected chi connectivity index (χ0v) is 10.8. The summed E-state index contributed by atoms with van der Waals surface area (Å²) in [5.41, 5.74) is 6.63. The molecule has 0 unspecified atom stereocenters. The Hall–Kier alpha value is -0.650. The number of hydrogen-bond donors (Lipinski definition) is 2. The monoisotopic (exact) mass is 261 g/mol. The molecule has 0 fully saturated rings. The van der Waals surface area contributed by atoms with Gasteiger partial charge in [-0.1, -0.05) is 0 Å². The number of rotatable bonds is 2. The molecule has 0 saturated heterocycles. The molecule has 2 rings (SSSR count). The van der Waals surface area contributed by atoms with Gasteiger partial charge in [-0.3, -0.25) is 4.79 Å².